The molecule has 2 nitrogen and oxygen atoms in total. The summed E-state index contributed by atoms with van der Waals surface area (Å²) in [4.78, 5) is -0.271. The van der Waals surface area contributed by atoms with Crippen LogP contribution in [-0.2, 0) is 10.2 Å². The molecule has 0 radical (unpaired) electrons. The van der Waals surface area contributed by atoms with E-state index in [1.54, 1.807) is 12.1 Å². The van der Waals surface area contributed by atoms with Gasteiger partial charge in [-0.1, -0.05) is 17.7 Å². The van der Waals surface area contributed by atoms with Crippen molar-refractivity contribution >= 4 is 21.8 Å². The Labute approximate surface area is 86.9 Å². The zero-order chi connectivity index (χ0) is 10.3. The summed E-state index contributed by atoms with van der Waals surface area (Å²) in [7, 11) is -4.65. The Hall–Kier alpha value is -0.610. The van der Waals surface area contributed by atoms with Gasteiger partial charge in [-0.05, 0) is 36.5 Å². The molecule has 0 heterocycles. The minimum atomic E-state index is -4.65. The van der Waals surface area contributed by atoms with E-state index in [2.05, 4.69) is 0 Å². The predicted molar refractivity (Wildman–Crippen MR) is 51.7 cm³/mol. The molecule has 1 saturated carbocycles. The average Bonchev–Trinajstić information content (AvgIpc) is 2.85. The first-order valence-electron chi connectivity index (χ1n) is 4.22. The molecule has 0 bridgehead atoms. The summed E-state index contributed by atoms with van der Waals surface area (Å²) in [6, 6.07) is 4.35. The number of hydrogen-bond acceptors (Lipinski definition) is 2. The Balaban J connectivity index is 2.59. The van der Waals surface area contributed by atoms with E-state index in [0.29, 0.717) is 5.56 Å². The predicted octanol–water partition coefficient (Wildman–Crippen LogP) is 2.88. The molecule has 0 atom stereocenters. The van der Waals surface area contributed by atoms with Gasteiger partial charge in [0.05, 0.1) is 0 Å². The Morgan fingerprint density at radius 2 is 2.00 bits per heavy atom. The highest BCUT2D eigenvalue weighted by molar-refractivity contribution is 7.86. The molecule has 1 aliphatic rings. The van der Waals surface area contributed by atoms with Crippen molar-refractivity contribution < 1.29 is 12.3 Å². The van der Waals surface area contributed by atoms with Gasteiger partial charge in [0.25, 0.3) is 0 Å². The fraction of sp³-hybridized carbons (Fsp3) is 0.333. The molecule has 0 N–H and O–H groups in total. The van der Waals surface area contributed by atoms with Gasteiger partial charge in [-0.2, -0.15) is 8.42 Å². The highest BCUT2D eigenvalue weighted by Crippen LogP contribution is 2.43. The van der Waals surface area contributed by atoms with E-state index in [-0.39, 0.29) is 15.8 Å². The fourth-order valence-electron chi connectivity index (χ4n) is 1.45. The largest absolute Gasteiger partial charge is 0.332 e. The van der Waals surface area contributed by atoms with E-state index in [1.165, 1.54) is 6.07 Å². The van der Waals surface area contributed by atoms with Crippen molar-refractivity contribution in [1.82, 2.24) is 0 Å². The smallest absolute Gasteiger partial charge is 0.189 e. The number of halogens is 2. The molecule has 1 aliphatic carbocycles. The van der Waals surface area contributed by atoms with E-state index >= 15 is 0 Å². The van der Waals surface area contributed by atoms with Crippen molar-refractivity contribution in [2.45, 2.75) is 23.7 Å². The molecule has 1 fully saturated rings. The molecular formula is C9H8ClFO2S. The van der Waals surface area contributed by atoms with Crippen LogP contribution in [0.2, 0.25) is 5.02 Å². The lowest BCUT2D eigenvalue weighted by atomic mass is 10.1. The monoisotopic (exact) mass is 234 g/mol. The van der Waals surface area contributed by atoms with E-state index in [9.17, 15) is 12.3 Å². The van der Waals surface area contributed by atoms with Crippen LogP contribution in [-0.4, -0.2) is 8.42 Å². The van der Waals surface area contributed by atoms with Crippen molar-refractivity contribution in [3.63, 3.8) is 0 Å². The maximum atomic E-state index is 12.9. The van der Waals surface area contributed by atoms with Crippen molar-refractivity contribution in [1.29, 1.82) is 0 Å². The zero-order valence-corrected chi connectivity index (χ0v) is 8.78. The van der Waals surface area contributed by atoms with Crippen LogP contribution in [0.15, 0.2) is 23.1 Å². The van der Waals surface area contributed by atoms with Gasteiger partial charge in [-0.3, -0.25) is 0 Å². The SMILES string of the molecule is O=S(=O)(F)c1cc(Cl)ccc1C1CC1. The number of rotatable bonds is 2. The third-order valence-corrected chi connectivity index (χ3v) is 3.37. The van der Waals surface area contributed by atoms with Crippen LogP contribution in [0, 0.1) is 0 Å². The molecule has 0 saturated heterocycles. The Kier molecular flexibility index (Phi) is 2.27. The van der Waals surface area contributed by atoms with E-state index in [1.807, 2.05) is 0 Å². The standard InChI is InChI=1S/C9H8ClFO2S/c10-7-3-4-8(6-1-2-6)9(5-7)14(11,12)13/h3-6H,1-2H2. The van der Waals surface area contributed by atoms with E-state index < -0.39 is 10.2 Å². The molecule has 0 unspecified atom stereocenters. The molecule has 0 aromatic heterocycles. The maximum Gasteiger partial charge on any atom is 0.332 e. The van der Waals surface area contributed by atoms with Gasteiger partial charge < -0.3 is 0 Å². The van der Waals surface area contributed by atoms with Crippen molar-refractivity contribution in [2.75, 3.05) is 0 Å². The lowest BCUT2D eigenvalue weighted by Crippen LogP contribution is -1.97. The second-order valence-electron chi connectivity index (χ2n) is 3.39. The van der Waals surface area contributed by atoms with Gasteiger partial charge in [-0.15, -0.1) is 3.89 Å². The lowest BCUT2D eigenvalue weighted by Gasteiger charge is -2.04. The lowest BCUT2D eigenvalue weighted by molar-refractivity contribution is 0.551. The topological polar surface area (TPSA) is 34.1 Å². The van der Waals surface area contributed by atoms with Crippen LogP contribution in [0.4, 0.5) is 3.89 Å². The fourth-order valence-corrected chi connectivity index (χ4v) is 2.47. The second-order valence-corrected chi connectivity index (χ2v) is 5.15. The summed E-state index contributed by atoms with van der Waals surface area (Å²) < 4.78 is 34.5. The summed E-state index contributed by atoms with van der Waals surface area (Å²) in [6.07, 6.45) is 1.84. The normalized spacial score (nSPS) is 17.0. The highest BCUT2D eigenvalue weighted by Gasteiger charge is 2.30. The van der Waals surface area contributed by atoms with Gasteiger partial charge >= 0.3 is 10.2 Å². The molecule has 1 aromatic carbocycles. The first-order valence-corrected chi connectivity index (χ1v) is 5.99. The van der Waals surface area contributed by atoms with E-state index in [0.717, 1.165) is 12.8 Å². The highest BCUT2D eigenvalue weighted by atomic mass is 35.5. The molecular weight excluding hydrogens is 227 g/mol. The first-order chi connectivity index (χ1) is 6.48. The molecule has 0 aliphatic heterocycles. The minimum absolute atomic E-state index is 0.188. The zero-order valence-electron chi connectivity index (χ0n) is 7.20. The van der Waals surface area contributed by atoms with Gasteiger partial charge in [0, 0.05) is 5.02 Å². The van der Waals surface area contributed by atoms with Crippen LogP contribution in [0.5, 0.6) is 0 Å². The number of hydrogen-bond donors (Lipinski definition) is 0. The Morgan fingerprint density at radius 3 is 2.50 bits per heavy atom. The maximum absolute atomic E-state index is 12.9. The molecule has 76 valence electrons. The molecule has 2 rings (SSSR count). The molecule has 14 heavy (non-hydrogen) atoms. The summed E-state index contributed by atoms with van der Waals surface area (Å²) in [5.41, 5.74) is 0.553. The molecule has 5 heteroatoms. The van der Waals surface area contributed by atoms with Crippen LogP contribution >= 0.6 is 11.6 Å². The quantitative estimate of drug-likeness (QED) is 0.738. The van der Waals surface area contributed by atoms with Gasteiger partial charge in [-0.25, -0.2) is 0 Å². The van der Waals surface area contributed by atoms with Crippen LogP contribution in [0.25, 0.3) is 0 Å². The average molecular weight is 235 g/mol. The summed E-state index contributed by atoms with van der Waals surface area (Å²) in [5, 5.41) is 0.241. The first kappa shape index (κ1) is 9.93. The summed E-state index contributed by atoms with van der Waals surface area (Å²) in [5.74, 6) is 0.188. The third-order valence-electron chi connectivity index (χ3n) is 2.26. The summed E-state index contributed by atoms with van der Waals surface area (Å²) in [6.45, 7) is 0. The molecule has 0 spiro atoms. The van der Waals surface area contributed by atoms with Crippen molar-refractivity contribution in [3.8, 4) is 0 Å². The Morgan fingerprint density at radius 1 is 1.36 bits per heavy atom. The molecule has 0 amide bonds. The second kappa shape index (κ2) is 3.21. The van der Waals surface area contributed by atoms with Crippen LogP contribution < -0.4 is 0 Å². The van der Waals surface area contributed by atoms with Crippen molar-refractivity contribution in [3.05, 3.63) is 28.8 Å². The van der Waals surface area contributed by atoms with Gasteiger partial charge in [0.2, 0.25) is 0 Å². The Bertz CT molecular complexity index is 466. The van der Waals surface area contributed by atoms with Gasteiger partial charge in [0.1, 0.15) is 4.90 Å². The number of benzene rings is 1. The van der Waals surface area contributed by atoms with E-state index in [4.69, 9.17) is 11.6 Å². The van der Waals surface area contributed by atoms with Crippen molar-refractivity contribution in [2.24, 2.45) is 0 Å². The van der Waals surface area contributed by atoms with Gasteiger partial charge in [0.15, 0.2) is 0 Å². The third kappa shape index (κ3) is 1.91. The van der Waals surface area contributed by atoms with Crippen LogP contribution in [0.3, 0.4) is 0 Å². The summed E-state index contributed by atoms with van der Waals surface area (Å²) >= 11 is 5.62. The minimum Gasteiger partial charge on any atom is -0.189 e. The van der Waals surface area contributed by atoms with Crippen LogP contribution in [0.1, 0.15) is 24.3 Å². The molecule has 1 aromatic rings.